The first-order valence-corrected chi connectivity index (χ1v) is 13.1. The highest BCUT2D eigenvalue weighted by Crippen LogP contribution is 2.26. The summed E-state index contributed by atoms with van der Waals surface area (Å²) in [5.41, 5.74) is 4.37. The van der Waals surface area contributed by atoms with Crippen molar-refractivity contribution in [3.05, 3.63) is 108 Å². The fourth-order valence-corrected chi connectivity index (χ4v) is 4.50. The number of rotatable bonds is 12. The number of hydrogen-bond donors (Lipinski definition) is 2. The molecular weight excluding hydrogens is 539 g/mol. The van der Waals surface area contributed by atoms with Gasteiger partial charge in [-0.15, -0.1) is 0 Å². The van der Waals surface area contributed by atoms with Crippen molar-refractivity contribution in [2.24, 2.45) is 0 Å². The molecular formula is C30H30F3N3O5. The van der Waals surface area contributed by atoms with E-state index in [0.717, 1.165) is 16.0 Å². The molecule has 1 saturated heterocycles. The summed E-state index contributed by atoms with van der Waals surface area (Å²) in [6.45, 7) is -0.118. The molecule has 2 N–H and O–H groups in total. The SMILES string of the molecule is O=C(NOCc1ccccc1)[C@H](Cc1ccccc1)N[C@@H](CC(=O)N1C(=O)OC[C@@H]1Cc1ccccc1)C(F)(F)F. The van der Waals surface area contributed by atoms with Crippen molar-refractivity contribution in [1.29, 1.82) is 0 Å². The van der Waals surface area contributed by atoms with Crippen molar-refractivity contribution >= 4 is 17.9 Å². The molecule has 0 spiro atoms. The van der Waals surface area contributed by atoms with Gasteiger partial charge in [0.15, 0.2) is 0 Å². The van der Waals surface area contributed by atoms with Gasteiger partial charge in [-0.05, 0) is 29.5 Å². The lowest BCUT2D eigenvalue weighted by molar-refractivity contribution is -0.167. The van der Waals surface area contributed by atoms with E-state index in [9.17, 15) is 27.6 Å². The molecule has 8 nitrogen and oxygen atoms in total. The van der Waals surface area contributed by atoms with Crippen molar-refractivity contribution in [3.8, 4) is 0 Å². The summed E-state index contributed by atoms with van der Waals surface area (Å²) in [4.78, 5) is 44.5. The van der Waals surface area contributed by atoms with Gasteiger partial charge in [0.1, 0.15) is 12.6 Å². The molecule has 4 rings (SSSR count). The predicted octanol–water partition coefficient (Wildman–Crippen LogP) is 4.35. The third-order valence-electron chi connectivity index (χ3n) is 6.57. The van der Waals surface area contributed by atoms with Crippen LogP contribution in [0.4, 0.5) is 18.0 Å². The van der Waals surface area contributed by atoms with Crippen LogP contribution in [0.5, 0.6) is 0 Å². The molecule has 0 saturated carbocycles. The highest BCUT2D eigenvalue weighted by molar-refractivity contribution is 5.94. The molecule has 3 aromatic rings. The zero-order valence-corrected chi connectivity index (χ0v) is 22.1. The second-order valence-corrected chi connectivity index (χ2v) is 9.63. The van der Waals surface area contributed by atoms with E-state index in [0.29, 0.717) is 5.56 Å². The largest absolute Gasteiger partial charge is 0.447 e. The van der Waals surface area contributed by atoms with Gasteiger partial charge in [-0.25, -0.2) is 15.2 Å². The zero-order chi connectivity index (χ0) is 29.2. The fraction of sp³-hybridized carbons (Fsp3) is 0.300. The third-order valence-corrected chi connectivity index (χ3v) is 6.57. The average Bonchev–Trinajstić information content (AvgIpc) is 3.32. The van der Waals surface area contributed by atoms with Crippen LogP contribution in [0.3, 0.4) is 0 Å². The van der Waals surface area contributed by atoms with Crippen molar-refractivity contribution < 1.29 is 37.1 Å². The number of ether oxygens (including phenoxy) is 1. The molecule has 0 unspecified atom stereocenters. The topological polar surface area (TPSA) is 97.0 Å². The highest BCUT2D eigenvalue weighted by Gasteiger charge is 2.46. The minimum atomic E-state index is -4.91. The summed E-state index contributed by atoms with van der Waals surface area (Å²) in [5.74, 6) is -1.89. The molecule has 1 fully saturated rings. The van der Waals surface area contributed by atoms with Crippen LogP contribution in [-0.4, -0.2) is 53.7 Å². The second-order valence-electron chi connectivity index (χ2n) is 9.63. The van der Waals surface area contributed by atoms with E-state index in [4.69, 9.17) is 9.57 Å². The van der Waals surface area contributed by atoms with Gasteiger partial charge in [0, 0.05) is 0 Å². The van der Waals surface area contributed by atoms with Crippen molar-refractivity contribution in [1.82, 2.24) is 15.7 Å². The van der Waals surface area contributed by atoms with E-state index < -0.39 is 48.6 Å². The molecule has 0 aromatic heterocycles. The molecule has 0 radical (unpaired) electrons. The normalized spacial score (nSPS) is 16.6. The first kappa shape index (κ1) is 29.8. The first-order valence-electron chi connectivity index (χ1n) is 13.1. The van der Waals surface area contributed by atoms with Gasteiger partial charge in [0.25, 0.3) is 5.91 Å². The maximum atomic E-state index is 14.2. The molecule has 1 aliphatic rings. The lowest BCUT2D eigenvalue weighted by Crippen LogP contribution is -2.56. The summed E-state index contributed by atoms with van der Waals surface area (Å²) < 4.78 is 47.7. The van der Waals surface area contributed by atoms with Crippen LogP contribution in [-0.2, 0) is 38.6 Å². The number of halogens is 3. The third kappa shape index (κ3) is 8.63. The van der Waals surface area contributed by atoms with Crippen LogP contribution < -0.4 is 10.8 Å². The molecule has 0 bridgehead atoms. The molecule has 0 aliphatic carbocycles. The van der Waals surface area contributed by atoms with Crippen LogP contribution in [0.15, 0.2) is 91.0 Å². The Labute approximate surface area is 235 Å². The number of imide groups is 1. The number of carbonyl (C=O) groups excluding carboxylic acids is 3. The number of hydrogen-bond acceptors (Lipinski definition) is 6. The molecule has 3 amide bonds. The zero-order valence-electron chi connectivity index (χ0n) is 22.1. The summed E-state index contributed by atoms with van der Waals surface area (Å²) >= 11 is 0. The van der Waals surface area contributed by atoms with Gasteiger partial charge in [-0.2, -0.15) is 13.2 Å². The van der Waals surface area contributed by atoms with Gasteiger partial charge < -0.3 is 4.74 Å². The average molecular weight is 570 g/mol. The Kier molecular flexibility index (Phi) is 10.1. The standard InChI is InChI=1S/C30H30F3N3O5/c31-30(32,33)26(18-27(37)36-24(20-40-29(36)39)16-21-10-4-1-5-11-21)34-25(17-22-12-6-2-7-13-22)28(38)35-41-19-23-14-8-3-9-15-23/h1-15,24-26,34H,16-20H2,(H,35,38)/t24-,25-,26-/m0/s1. The van der Waals surface area contributed by atoms with Crippen LogP contribution >= 0.6 is 0 Å². The van der Waals surface area contributed by atoms with E-state index in [1.165, 1.54) is 0 Å². The monoisotopic (exact) mass is 569 g/mol. The lowest BCUT2D eigenvalue weighted by atomic mass is 10.0. The van der Waals surface area contributed by atoms with E-state index in [1.807, 2.05) is 6.07 Å². The highest BCUT2D eigenvalue weighted by atomic mass is 19.4. The van der Waals surface area contributed by atoms with E-state index in [2.05, 4.69) is 10.8 Å². The van der Waals surface area contributed by atoms with E-state index in [-0.39, 0.29) is 26.1 Å². The second kappa shape index (κ2) is 13.9. The molecule has 1 aliphatic heterocycles. The number of cyclic esters (lactones) is 1. The van der Waals surface area contributed by atoms with E-state index >= 15 is 0 Å². The number of carbonyl (C=O) groups is 3. The summed E-state index contributed by atoms with van der Waals surface area (Å²) in [6.07, 6.45) is -6.88. The van der Waals surface area contributed by atoms with Gasteiger partial charge >= 0.3 is 12.3 Å². The van der Waals surface area contributed by atoms with Crippen LogP contribution in [0.25, 0.3) is 0 Å². The number of amides is 3. The Balaban J connectivity index is 1.47. The molecule has 216 valence electrons. The van der Waals surface area contributed by atoms with Crippen molar-refractivity contribution in [3.63, 3.8) is 0 Å². The first-order chi connectivity index (χ1) is 19.7. The lowest BCUT2D eigenvalue weighted by Gasteiger charge is -2.28. The quantitative estimate of drug-likeness (QED) is 0.315. The summed E-state index contributed by atoms with van der Waals surface area (Å²) in [7, 11) is 0. The maximum absolute atomic E-state index is 14.2. The number of alkyl halides is 3. The number of benzene rings is 3. The molecule has 3 aromatic carbocycles. The van der Waals surface area contributed by atoms with Gasteiger partial charge in [-0.1, -0.05) is 91.0 Å². The molecule has 41 heavy (non-hydrogen) atoms. The van der Waals surface area contributed by atoms with Crippen LogP contribution in [0, 0.1) is 0 Å². The number of nitrogens with one attached hydrogen (secondary N) is 2. The van der Waals surface area contributed by atoms with Gasteiger partial charge in [0.05, 0.1) is 25.1 Å². The predicted molar refractivity (Wildman–Crippen MR) is 143 cm³/mol. The Morgan fingerprint density at radius 3 is 2.05 bits per heavy atom. The van der Waals surface area contributed by atoms with Gasteiger partial charge in [0.2, 0.25) is 5.91 Å². The van der Waals surface area contributed by atoms with Gasteiger partial charge in [-0.3, -0.25) is 19.7 Å². The van der Waals surface area contributed by atoms with Crippen molar-refractivity contribution in [2.75, 3.05) is 6.61 Å². The van der Waals surface area contributed by atoms with Crippen molar-refractivity contribution in [2.45, 2.75) is 50.2 Å². The maximum Gasteiger partial charge on any atom is 0.416 e. The van der Waals surface area contributed by atoms with E-state index in [1.54, 1.807) is 84.9 Å². The summed E-state index contributed by atoms with van der Waals surface area (Å²) in [5, 5.41) is 2.31. The minimum Gasteiger partial charge on any atom is -0.447 e. The fourth-order valence-electron chi connectivity index (χ4n) is 4.50. The Morgan fingerprint density at radius 2 is 1.46 bits per heavy atom. The Bertz CT molecular complexity index is 1290. The molecule has 3 atom stereocenters. The summed E-state index contributed by atoms with van der Waals surface area (Å²) in [6, 6.07) is 21.8. The Morgan fingerprint density at radius 1 is 0.902 bits per heavy atom. The smallest absolute Gasteiger partial charge is 0.416 e. The molecule has 1 heterocycles. The minimum absolute atomic E-state index is 0.00565. The molecule has 11 heteroatoms. The van der Waals surface area contributed by atoms with Crippen LogP contribution in [0.1, 0.15) is 23.1 Å². The Hall–Kier alpha value is -4.22. The number of nitrogens with zero attached hydrogens (tertiary/aromatic N) is 1. The van der Waals surface area contributed by atoms with Crippen LogP contribution in [0.2, 0.25) is 0 Å². The number of hydroxylamine groups is 1.